The molecule has 5 nitrogen and oxygen atoms in total. The zero-order chi connectivity index (χ0) is 10.2. The molecule has 0 aromatic heterocycles. The number of hydrogen-bond acceptors (Lipinski definition) is 4. The number of anilines is 1. The SMILES string of the molecule is Nc1cc(Cl)c([O-])c(S(=O)(=O)O)c1.[K+]. The van der Waals surface area contributed by atoms with Crippen LogP contribution in [0, 0.1) is 0 Å². The minimum atomic E-state index is -4.56. The first kappa shape index (κ1) is 14.7. The summed E-state index contributed by atoms with van der Waals surface area (Å²) in [4.78, 5) is -0.808. The van der Waals surface area contributed by atoms with Gasteiger partial charge in [0.2, 0.25) is 0 Å². The maximum Gasteiger partial charge on any atom is 1.00 e. The molecule has 1 rings (SSSR count). The first-order chi connectivity index (χ1) is 5.82. The molecule has 1 aromatic rings. The van der Waals surface area contributed by atoms with Crippen LogP contribution in [0.2, 0.25) is 5.02 Å². The van der Waals surface area contributed by atoms with Gasteiger partial charge in [-0.05, 0) is 12.1 Å². The Hall–Kier alpha value is 0.656. The van der Waals surface area contributed by atoms with Gasteiger partial charge >= 0.3 is 51.4 Å². The Bertz CT molecular complexity index is 447. The Morgan fingerprint density at radius 2 is 1.93 bits per heavy atom. The minimum Gasteiger partial charge on any atom is -0.871 e. The van der Waals surface area contributed by atoms with Crippen molar-refractivity contribution in [3.8, 4) is 5.75 Å². The van der Waals surface area contributed by atoms with Crippen molar-refractivity contribution < 1.29 is 69.5 Å². The fourth-order valence-corrected chi connectivity index (χ4v) is 1.69. The summed E-state index contributed by atoms with van der Waals surface area (Å²) in [6.45, 7) is 0. The zero-order valence-corrected chi connectivity index (χ0v) is 11.9. The molecule has 0 spiro atoms. The molecule has 3 N–H and O–H groups in total. The van der Waals surface area contributed by atoms with E-state index in [-0.39, 0.29) is 62.1 Å². The van der Waals surface area contributed by atoms with E-state index in [0.29, 0.717) is 0 Å². The Labute approximate surface area is 128 Å². The molecular formula is C6H5ClKNO4S. The molecule has 72 valence electrons. The summed E-state index contributed by atoms with van der Waals surface area (Å²) in [5.41, 5.74) is 5.22. The van der Waals surface area contributed by atoms with Crippen molar-refractivity contribution in [3.05, 3.63) is 17.2 Å². The summed E-state index contributed by atoms with van der Waals surface area (Å²) in [5.74, 6) is -0.960. The first-order valence-corrected chi connectivity index (χ1v) is 4.87. The molecule has 1 aromatic carbocycles. The van der Waals surface area contributed by atoms with Crippen molar-refractivity contribution in [3.63, 3.8) is 0 Å². The average Bonchev–Trinajstić information content (AvgIpc) is 1.94. The maximum absolute atomic E-state index is 11.0. The van der Waals surface area contributed by atoms with Gasteiger partial charge in [-0.15, -0.1) is 0 Å². The summed E-state index contributed by atoms with van der Waals surface area (Å²) in [6.07, 6.45) is 0. The van der Waals surface area contributed by atoms with Crippen LogP contribution >= 0.6 is 11.6 Å². The van der Waals surface area contributed by atoms with Crippen LogP contribution in [-0.2, 0) is 10.1 Å². The minimum absolute atomic E-state index is 0. The molecule has 0 aliphatic heterocycles. The van der Waals surface area contributed by atoms with Crippen LogP contribution in [-0.4, -0.2) is 13.0 Å². The number of halogens is 1. The molecular weight excluding hydrogens is 257 g/mol. The second-order valence-corrected chi connectivity index (χ2v) is 4.10. The summed E-state index contributed by atoms with van der Waals surface area (Å²) < 4.78 is 29.8. The Balaban J connectivity index is 0.00000169. The summed E-state index contributed by atoms with van der Waals surface area (Å²) in [6, 6.07) is 1.96. The molecule has 0 amide bonds. The van der Waals surface area contributed by atoms with E-state index in [9.17, 15) is 13.5 Å². The first-order valence-electron chi connectivity index (χ1n) is 3.06. The van der Waals surface area contributed by atoms with Gasteiger partial charge in [-0.1, -0.05) is 17.4 Å². The predicted octanol–water partition coefficient (Wildman–Crippen LogP) is -2.75. The fraction of sp³-hybridized carbons (Fsp3) is 0. The van der Waals surface area contributed by atoms with E-state index in [1.54, 1.807) is 0 Å². The fourth-order valence-electron chi connectivity index (χ4n) is 0.780. The predicted molar refractivity (Wildman–Crippen MR) is 45.1 cm³/mol. The molecule has 0 aliphatic carbocycles. The molecule has 0 unspecified atom stereocenters. The summed E-state index contributed by atoms with van der Waals surface area (Å²) >= 11 is 5.36. The number of rotatable bonds is 1. The number of hydrogen-bond donors (Lipinski definition) is 2. The van der Waals surface area contributed by atoms with Crippen LogP contribution < -0.4 is 62.2 Å². The molecule has 0 saturated carbocycles. The van der Waals surface area contributed by atoms with Crippen LogP contribution in [0.4, 0.5) is 5.69 Å². The third-order valence-corrected chi connectivity index (χ3v) is 2.45. The maximum atomic E-state index is 11.0. The van der Waals surface area contributed by atoms with Crippen molar-refractivity contribution in [1.82, 2.24) is 0 Å². The second-order valence-electron chi connectivity index (χ2n) is 2.31. The number of benzene rings is 1. The molecule has 0 aliphatic rings. The van der Waals surface area contributed by atoms with Gasteiger partial charge < -0.3 is 10.8 Å². The molecule has 0 saturated heterocycles. The quantitative estimate of drug-likeness (QED) is 0.324. The van der Waals surface area contributed by atoms with E-state index >= 15 is 0 Å². The average molecular weight is 262 g/mol. The van der Waals surface area contributed by atoms with Crippen LogP contribution in [0.15, 0.2) is 17.0 Å². The van der Waals surface area contributed by atoms with Crippen LogP contribution in [0.25, 0.3) is 0 Å². The third-order valence-electron chi connectivity index (χ3n) is 1.31. The van der Waals surface area contributed by atoms with Crippen molar-refractivity contribution in [2.24, 2.45) is 0 Å². The smallest absolute Gasteiger partial charge is 0.871 e. The zero-order valence-electron chi connectivity index (χ0n) is 7.19. The Morgan fingerprint density at radius 1 is 1.43 bits per heavy atom. The standard InChI is InChI=1S/C6H6ClNO4S.K/c7-4-1-3(8)2-5(6(4)9)13(10,11)12;/h1-2,9H,8H2,(H,10,11,12);/q;+1/p-1. The molecule has 0 fully saturated rings. The van der Waals surface area contributed by atoms with E-state index < -0.39 is 20.8 Å². The van der Waals surface area contributed by atoms with Crippen molar-refractivity contribution in [2.75, 3.05) is 5.73 Å². The van der Waals surface area contributed by atoms with E-state index in [1.165, 1.54) is 0 Å². The largest absolute Gasteiger partial charge is 1.00 e. The summed E-state index contributed by atoms with van der Waals surface area (Å²) in [5, 5.41) is 10.7. The molecule has 14 heavy (non-hydrogen) atoms. The van der Waals surface area contributed by atoms with Crippen molar-refractivity contribution in [1.29, 1.82) is 0 Å². The van der Waals surface area contributed by atoms with Crippen LogP contribution in [0.1, 0.15) is 0 Å². The van der Waals surface area contributed by atoms with Crippen molar-refractivity contribution in [2.45, 2.75) is 4.90 Å². The van der Waals surface area contributed by atoms with Crippen LogP contribution in [0.5, 0.6) is 5.75 Å². The van der Waals surface area contributed by atoms with Gasteiger partial charge in [0, 0.05) is 10.7 Å². The van der Waals surface area contributed by atoms with E-state index in [4.69, 9.17) is 21.9 Å². The summed E-state index contributed by atoms with van der Waals surface area (Å²) in [7, 11) is -4.56. The van der Waals surface area contributed by atoms with Crippen LogP contribution in [0.3, 0.4) is 0 Å². The van der Waals surface area contributed by atoms with Gasteiger partial charge in [-0.25, -0.2) is 0 Å². The monoisotopic (exact) mass is 261 g/mol. The van der Waals surface area contributed by atoms with Gasteiger partial charge in [-0.3, -0.25) is 4.55 Å². The number of nitrogens with two attached hydrogens (primary N) is 1. The Morgan fingerprint density at radius 3 is 2.36 bits per heavy atom. The van der Waals surface area contributed by atoms with E-state index in [1.807, 2.05) is 0 Å². The Kier molecular flexibility index (Phi) is 5.37. The number of nitrogen functional groups attached to an aromatic ring is 1. The normalized spacial score (nSPS) is 10.7. The van der Waals surface area contributed by atoms with E-state index in [0.717, 1.165) is 12.1 Å². The van der Waals surface area contributed by atoms with E-state index in [2.05, 4.69) is 0 Å². The molecule has 0 radical (unpaired) electrons. The van der Waals surface area contributed by atoms with Gasteiger partial charge in [0.15, 0.2) is 0 Å². The van der Waals surface area contributed by atoms with Gasteiger partial charge in [0.25, 0.3) is 10.1 Å². The van der Waals surface area contributed by atoms with Gasteiger partial charge in [0.05, 0.1) is 4.90 Å². The van der Waals surface area contributed by atoms with Crippen molar-refractivity contribution >= 4 is 27.4 Å². The van der Waals surface area contributed by atoms with Gasteiger partial charge in [-0.2, -0.15) is 8.42 Å². The second kappa shape index (κ2) is 5.13. The third kappa shape index (κ3) is 3.35. The molecule has 0 bridgehead atoms. The van der Waals surface area contributed by atoms with Gasteiger partial charge in [0.1, 0.15) is 0 Å². The molecule has 0 heterocycles. The molecule has 8 heteroatoms. The topological polar surface area (TPSA) is 103 Å². The molecule has 0 atom stereocenters.